The first-order valence-electron chi connectivity index (χ1n) is 6.11. The van der Waals surface area contributed by atoms with Gasteiger partial charge in [-0.2, -0.15) is 5.10 Å². The summed E-state index contributed by atoms with van der Waals surface area (Å²) in [6, 6.07) is 5.60. The molecule has 0 aliphatic rings. The number of nitrogens with zero attached hydrogens (tertiary/aromatic N) is 3. The molecule has 0 aliphatic heterocycles. The number of non-ortho nitro benzene ring substituents is 1. The highest BCUT2D eigenvalue weighted by Crippen LogP contribution is 2.17. The van der Waals surface area contributed by atoms with E-state index in [9.17, 15) is 14.9 Å². The van der Waals surface area contributed by atoms with Crippen molar-refractivity contribution in [3.05, 3.63) is 51.8 Å². The van der Waals surface area contributed by atoms with Gasteiger partial charge in [-0.05, 0) is 19.9 Å². The van der Waals surface area contributed by atoms with Crippen LogP contribution >= 0.6 is 0 Å². The van der Waals surface area contributed by atoms with Crippen LogP contribution in [0, 0.1) is 17.0 Å². The Morgan fingerprint density at radius 1 is 1.50 bits per heavy atom. The number of nitro benzene ring substituents is 1. The third kappa shape index (κ3) is 2.66. The van der Waals surface area contributed by atoms with Crippen molar-refractivity contribution in [1.82, 2.24) is 9.78 Å². The molecule has 1 heterocycles. The van der Waals surface area contributed by atoms with Gasteiger partial charge in [0, 0.05) is 24.2 Å². The monoisotopic (exact) mass is 274 g/mol. The highest BCUT2D eigenvalue weighted by Gasteiger charge is 2.13. The molecule has 0 spiro atoms. The van der Waals surface area contributed by atoms with Gasteiger partial charge in [0.1, 0.15) is 0 Å². The summed E-state index contributed by atoms with van der Waals surface area (Å²) in [5.41, 5.74) is 1.57. The molecule has 0 aliphatic carbocycles. The molecule has 1 N–H and O–H groups in total. The number of amides is 1. The zero-order chi connectivity index (χ0) is 14.7. The Bertz CT molecular complexity index is 663. The number of hydrogen-bond donors (Lipinski definition) is 1. The van der Waals surface area contributed by atoms with Crippen LogP contribution in [-0.4, -0.2) is 20.6 Å². The third-order valence-electron chi connectivity index (χ3n) is 2.97. The average Bonchev–Trinajstić information content (AvgIpc) is 2.79. The van der Waals surface area contributed by atoms with Crippen LogP contribution < -0.4 is 5.32 Å². The van der Waals surface area contributed by atoms with Gasteiger partial charge in [-0.15, -0.1) is 0 Å². The molecule has 0 radical (unpaired) electrons. The molecule has 104 valence electrons. The molecule has 0 unspecified atom stereocenters. The van der Waals surface area contributed by atoms with Crippen LogP contribution in [-0.2, 0) is 6.54 Å². The van der Waals surface area contributed by atoms with Crippen LogP contribution in [0.2, 0.25) is 0 Å². The summed E-state index contributed by atoms with van der Waals surface area (Å²) >= 11 is 0. The van der Waals surface area contributed by atoms with E-state index in [-0.39, 0.29) is 11.3 Å². The van der Waals surface area contributed by atoms with Gasteiger partial charge in [-0.3, -0.25) is 19.6 Å². The standard InChI is InChI=1S/C13H14N4O3/c1-3-16-9(2)12(8-14-16)15-13(18)10-5-4-6-11(7-10)17(19)20/h4-8H,3H2,1-2H3,(H,15,18). The van der Waals surface area contributed by atoms with E-state index in [4.69, 9.17) is 0 Å². The molecular formula is C13H14N4O3. The van der Waals surface area contributed by atoms with E-state index in [1.807, 2.05) is 13.8 Å². The lowest BCUT2D eigenvalue weighted by Crippen LogP contribution is -2.12. The molecule has 0 saturated carbocycles. The topological polar surface area (TPSA) is 90.1 Å². The lowest BCUT2D eigenvalue weighted by molar-refractivity contribution is -0.384. The first-order chi connectivity index (χ1) is 9.52. The second kappa shape index (κ2) is 5.52. The van der Waals surface area contributed by atoms with Crippen molar-refractivity contribution in [1.29, 1.82) is 0 Å². The number of aryl methyl sites for hydroxylation is 1. The van der Waals surface area contributed by atoms with Gasteiger partial charge < -0.3 is 5.32 Å². The summed E-state index contributed by atoms with van der Waals surface area (Å²) in [5.74, 6) is -0.396. The molecule has 0 bridgehead atoms. The van der Waals surface area contributed by atoms with Crippen molar-refractivity contribution in [2.45, 2.75) is 20.4 Å². The predicted octanol–water partition coefficient (Wildman–Crippen LogP) is 2.37. The minimum absolute atomic E-state index is 0.112. The van der Waals surface area contributed by atoms with Gasteiger partial charge in [0.2, 0.25) is 0 Å². The second-order valence-corrected chi connectivity index (χ2v) is 4.22. The van der Waals surface area contributed by atoms with E-state index in [0.29, 0.717) is 12.2 Å². The SMILES string of the molecule is CCn1ncc(NC(=O)c2cccc([N+](=O)[O-])c2)c1C. The highest BCUT2D eigenvalue weighted by atomic mass is 16.6. The van der Waals surface area contributed by atoms with Crippen LogP contribution in [0.5, 0.6) is 0 Å². The predicted molar refractivity (Wildman–Crippen MR) is 73.7 cm³/mol. The fourth-order valence-electron chi connectivity index (χ4n) is 1.84. The van der Waals surface area contributed by atoms with Crippen molar-refractivity contribution in [2.24, 2.45) is 0 Å². The van der Waals surface area contributed by atoms with Crippen LogP contribution in [0.15, 0.2) is 30.5 Å². The van der Waals surface area contributed by atoms with Crippen molar-refractivity contribution < 1.29 is 9.72 Å². The summed E-state index contributed by atoms with van der Waals surface area (Å²) in [6.07, 6.45) is 1.56. The summed E-state index contributed by atoms with van der Waals surface area (Å²) in [6.45, 7) is 4.50. The Morgan fingerprint density at radius 3 is 2.85 bits per heavy atom. The maximum absolute atomic E-state index is 12.1. The van der Waals surface area contributed by atoms with Gasteiger partial charge in [-0.1, -0.05) is 6.07 Å². The maximum Gasteiger partial charge on any atom is 0.270 e. The van der Waals surface area contributed by atoms with Crippen molar-refractivity contribution in [3.63, 3.8) is 0 Å². The van der Waals surface area contributed by atoms with Gasteiger partial charge in [0.05, 0.1) is 22.5 Å². The van der Waals surface area contributed by atoms with Crippen LogP contribution in [0.25, 0.3) is 0 Å². The minimum atomic E-state index is -0.531. The summed E-state index contributed by atoms with van der Waals surface area (Å²) in [5, 5.41) is 17.5. The number of nitro groups is 1. The first kappa shape index (κ1) is 13.7. The van der Waals surface area contributed by atoms with E-state index < -0.39 is 10.8 Å². The summed E-state index contributed by atoms with van der Waals surface area (Å²) < 4.78 is 1.75. The molecule has 0 saturated heterocycles. The van der Waals surface area contributed by atoms with Gasteiger partial charge in [-0.25, -0.2) is 0 Å². The van der Waals surface area contributed by atoms with Gasteiger partial charge in [0.25, 0.3) is 11.6 Å². The molecule has 7 heteroatoms. The third-order valence-corrected chi connectivity index (χ3v) is 2.97. The highest BCUT2D eigenvalue weighted by molar-refractivity contribution is 6.04. The smallest absolute Gasteiger partial charge is 0.270 e. The quantitative estimate of drug-likeness (QED) is 0.684. The number of aromatic nitrogens is 2. The number of carbonyl (C=O) groups is 1. The van der Waals surface area contributed by atoms with E-state index in [1.165, 1.54) is 24.3 Å². The number of carbonyl (C=O) groups excluding carboxylic acids is 1. The maximum atomic E-state index is 12.1. The molecule has 1 aromatic carbocycles. The lowest BCUT2D eigenvalue weighted by Gasteiger charge is -2.05. The molecule has 20 heavy (non-hydrogen) atoms. The largest absolute Gasteiger partial charge is 0.319 e. The molecule has 2 aromatic rings. The van der Waals surface area contributed by atoms with E-state index in [2.05, 4.69) is 10.4 Å². The number of hydrogen-bond acceptors (Lipinski definition) is 4. The summed E-state index contributed by atoms with van der Waals surface area (Å²) in [7, 11) is 0. The number of rotatable bonds is 4. The second-order valence-electron chi connectivity index (χ2n) is 4.22. The van der Waals surface area contributed by atoms with Crippen molar-refractivity contribution in [2.75, 3.05) is 5.32 Å². The molecule has 2 rings (SSSR count). The van der Waals surface area contributed by atoms with Crippen LogP contribution in [0.1, 0.15) is 23.0 Å². The average molecular weight is 274 g/mol. The molecular weight excluding hydrogens is 260 g/mol. The lowest BCUT2D eigenvalue weighted by atomic mass is 10.2. The number of anilines is 1. The number of nitrogens with one attached hydrogen (secondary N) is 1. The van der Waals surface area contributed by atoms with Gasteiger partial charge in [0.15, 0.2) is 0 Å². The molecule has 0 atom stereocenters. The summed E-state index contributed by atoms with van der Waals surface area (Å²) in [4.78, 5) is 22.2. The molecule has 1 aromatic heterocycles. The first-order valence-corrected chi connectivity index (χ1v) is 6.11. The van der Waals surface area contributed by atoms with Crippen molar-refractivity contribution in [3.8, 4) is 0 Å². The zero-order valence-corrected chi connectivity index (χ0v) is 11.2. The molecule has 7 nitrogen and oxygen atoms in total. The Labute approximate surface area is 115 Å². The fourth-order valence-corrected chi connectivity index (χ4v) is 1.84. The Morgan fingerprint density at radius 2 is 2.25 bits per heavy atom. The Balaban J connectivity index is 2.21. The van der Waals surface area contributed by atoms with Crippen LogP contribution in [0.4, 0.5) is 11.4 Å². The van der Waals surface area contributed by atoms with E-state index in [0.717, 1.165) is 5.69 Å². The molecule has 0 fully saturated rings. The molecule has 1 amide bonds. The fraction of sp³-hybridized carbons (Fsp3) is 0.231. The minimum Gasteiger partial charge on any atom is -0.319 e. The van der Waals surface area contributed by atoms with E-state index >= 15 is 0 Å². The van der Waals surface area contributed by atoms with E-state index in [1.54, 1.807) is 10.9 Å². The number of benzene rings is 1. The Kier molecular flexibility index (Phi) is 3.79. The normalized spacial score (nSPS) is 10.3. The van der Waals surface area contributed by atoms with Crippen LogP contribution in [0.3, 0.4) is 0 Å². The van der Waals surface area contributed by atoms with Crippen molar-refractivity contribution >= 4 is 17.3 Å². The van der Waals surface area contributed by atoms with Gasteiger partial charge >= 0.3 is 0 Å². The zero-order valence-electron chi connectivity index (χ0n) is 11.2. The Hall–Kier alpha value is -2.70.